The topological polar surface area (TPSA) is 27.0 Å². The molecule has 1 aliphatic heterocycles. The SMILES string of the molecule is N#CC1CN(c2ccc(Br)cc2)C1. The summed E-state index contributed by atoms with van der Waals surface area (Å²) >= 11 is 3.39. The number of rotatable bonds is 1. The van der Waals surface area contributed by atoms with Crippen molar-refractivity contribution in [2.75, 3.05) is 18.0 Å². The summed E-state index contributed by atoms with van der Waals surface area (Å²) in [6.07, 6.45) is 0. The molecule has 66 valence electrons. The van der Waals surface area contributed by atoms with Crippen LogP contribution in [0, 0.1) is 17.2 Å². The molecule has 2 nitrogen and oxygen atoms in total. The summed E-state index contributed by atoms with van der Waals surface area (Å²) in [4.78, 5) is 2.21. The average Bonchev–Trinajstić information content (AvgIpc) is 2.06. The highest BCUT2D eigenvalue weighted by atomic mass is 79.9. The fraction of sp³-hybridized carbons (Fsp3) is 0.300. The molecule has 1 aromatic rings. The van der Waals surface area contributed by atoms with Gasteiger partial charge in [-0.3, -0.25) is 0 Å². The standard InChI is InChI=1S/C10H9BrN2/c11-9-1-3-10(4-2-9)13-6-8(5-12)7-13/h1-4,8H,6-7H2. The van der Waals surface area contributed by atoms with Gasteiger partial charge in [0.1, 0.15) is 0 Å². The number of hydrogen-bond acceptors (Lipinski definition) is 2. The van der Waals surface area contributed by atoms with E-state index in [1.807, 2.05) is 12.1 Å². The van der Waals surface area contributed by atoms with E-state index in [0.717, 1.165) is 17.6 Å². The Morgan fingerprint density at radius 3 is 2.46 bits per heavy atom. The van der Waals surface area contributed by atoms with Crippen molar-refractivity contribution in [3.8, 4) is 6.07 Å². The summed E-state index contributed by atoms with van der Waals surface area (Å²) in [5.74, 6) is 0.226. The highest BCUT2D eigenvalue weighted by molar-refractivity contribution is 9.10. The summed E-state index contributed by atoms with van der Waals surface area (Å²) in [6.45, 7) is 1.75. The number of anilines is 1. The predicted octanol–water partition coefficient (Wildman–Crippen LogP) is 2.41. The van der Waals surface area contributed by atoms with Crippen LogP contribution < -0.4 is 4.90 Å². The maximum Gasteiger partial charge on any atom is 0.0813 e. The van der Waals surface area contributed by atoms with Gasteiger partial charge in [-0.2, -0.15) is 5.26 Å². The van der Waals surface area contributed by atoms with Crippen molar-refractivity contribution in [3.63, 3.8) is 0 Å². The van der Waals surface area contributed by atoms with E-state index in [4.69, 9.17) is 5.26 Å². The van der Waals surface area contributed by atoms with Crippen LogP contribution in [0.4, 0.5) is 5.69 Å². The van der Waals surface area contributed by atoms with Crippen LogP contribution in [0.15, 0.2) is 28.7 Å². The van der Waals surface area contributed by atoms with E-state index in [9.17, 15) is 0 Å². The van der Waals surface area contributed by atoms with Crippen LogP contribution in [-0.2, 0) is 0 Å². The van der Waals surface area contributed by atoms with Crippen molar-refractivity contribution >= 4 is 21.6 Å². The molecule has 1 aliphatic rings. The van der Waals surface area contributed by atoms with Crippen LogP contribution in [0.5, 0.6) is 0 Å². The fourth-order valence-corrected chi connectivity index (χ4v) is 1.69. The van der Waals surface area contributed by atoms with Crippen LogP contribution in [-0.4, -0.2) is 13.1 Å². The molecule has 1 heterocycles. The average molecular weight is 237 g/mol. The highest BCUT2D eigenvalue weighted by Gasteiger charge is 2.26. The largest absolute Gasteiger partial charge is 0.369 e. The second-order valence-electron chi connectivity index (χ2n) is 3.21. The molecular formula is C10H9BrN2. The van der Waals surface area contributed by atoms with E-state index in [1.54, 1.807) is 0 Å². The molecule has 3 heteroatoms. The van der Waals surface area contributed by atoms with E-state index in [-0.39, 0.29) is 5.92 Å². The lowest BCUT2D eigenvalue weighted by molar-refractivity contribution is 0.504. The Balaban J connectivity index is 2.04. The zero-order valence-electron chi connectivity index (χ0n) is 7.07. The lowest BCUT2D eigenvalue weighted by Gasteiger charge is -2.37. The van der Waals surface area contributed by atoms with Crippen molar-refractivity contribution in [2.24, 2.45) is 5.92 Å². The minimum absolute atomic E-state index is 0.226. The van der Waals surface area contributed by atoms with E-state index in [1.165, 1.54) is 5.69 Å². The van der Waals surface area contributed by atoms with Crippen LogP contribution in [0.1, 0.15) is 0 Å². The molecule has 0 saturated carbocycles. The van der Waals surface area contributed by atoms with Gasteiger partial charge in [0.05, 0.1) is 12.0 Å². The molecule has 0 N–H and O–H groups in total. The summed E-state index contributed by atoms with van der Waals surface area (Å²) in [5, 5.41) is 8.61. The fourth-order valence-electron chi connectivity index (χ4n) is 1.42. The molecule has 0 amide bonds. The Morgan fingerprint density at radius 2 is 1.92 bits per heavy atom. The molecule has 1 fully saturated rings. The first kappa shape index (κ1) is 8.58. The quantitative estimate of drug-likeness (QED) is 0.749. The van der Waals surface area contributed by atoms with Gasteiger partial charge in [-0.25, -0.2) is 0 Å². The molecule has 0 atom stereocenters. The van der Waals surface area contributed by atoms with Gasteiger partial charge in [0.2, 0.25) is 0 Å². The number of benzene rings is 1. The van der Waals surface area contributed by atoms with Gasteiger partial charge >= 0.3 is 0 Å². The normalized spacial score (nSPS) is 16.5. The van der Waals surface area contributed by atoms with Crippen LogP contribution in [0.3, 0.4) is 0 Å². The summed E-state index contributed by atoms with van der Waals surface area (Å²) in [6, 6.07) is 10.4. The van der Waals surface area contributed by atoms with Gasteiger partial charge < -0.3 is 4.90 Å². The maximum atomic E-state index is 8.61. The third-order valence-corrected chi connectivity index (χ3v) is 2.78. The molecule has 0 unspecified atom stereocenters. The molecular weight excluding hydrogens is 228 g/mol. The molecule has 0 radical (unpaired) electrons. The monoisotopic (exact) mass is 236 g/mol. The van der Waals surface area contributed by atoms with Crippen molar-refractivity contribution in [1.82, 2.24) is 0 Å². The second-order valence-corrected chi connectivity index (χ2v) is 4.12. The van der Waals surface area contributed by atoms with Crippen molar-refractivity contribution in [3.05, 3.63) is 28.7 Å². The van der Waals surface area contributed by atoms with Crippen LogP contribution in [0.25, 0.3) is 0 Å². The molecule has 1 aromatic carbocycles. The number of nitriles is 1. The smallest absolute Gasteiger partial charge is 0.0813 e. The Labute approximate surface area is 85.9 Å². The van der Waals surface area contributed by atoms with E-state index in [2.05, 4.69) is 39.0 Å². The Bertz CT molecular complexity index is 333. The highest BCUT2D eigenvalue weighted by Crippen LogP contribution is 2.25. The third kappa shape index (κ3) is 1.68. The number of hydrogen-bond donors (Lipinski definition) is 0. The van der Waals surface area contributed by atoms with Gasteiger partial charge in [-0.15, -0.1) is 0 Å². The van der Waals surface area contributed by atoms with Gasteiger partial charge in [0, 0.05) is 23.2 Å². The summed E-state index contributed by atoms with van der Waals surface area (Å²) in [7, 11) is 0. The zero-order chi connectivity index (χ0) is 9.26. The lowest BCUT2D eigenvalue weighted by Crippen LogP contribution is -2.45. The first-order chi connectivity index (χ1) is 6.29. The summed E-state index contributed by atoms with van der Waals surface area (Å²) < 4.78 is 1.09. The molecule has 0 aliphatic carbocycles. The molecule has 2 rings (SSSR count). The Hall–Kier alpha value is -1.01. The van der Waals surface area contributed by atoms with Crippen LogP contribution >= 0.6 is 15.9 Å². The second kappa shape index (κ2) is 3.39. The van der Waals surface area contributed by atoms with Gasteiger partial charge in [0.25, 0.3) is 0 Å². The molecule has 0 aromatic heterocycles. The Morgan fingerprint density at radius 1 is 1.31 bits per heavy atom. The van der Waals surface area contributed by atoms with E-state index < -0.39 is 0 Å². The van der Waals surface area contributed by atoms with Crippen molar-refractivity contribution in [1.29, 1.82) is 5.26 Å². The molecule has 13 heavy (non-hydrogen) atoms. The Kier molecular flexibility index (Phi) is 2.24. The minimum Gasteiger partial charge on any atom is -0.369 e. The molecule has 0 bridgehead atoms. The lowest BCUT2D eigenvalue weighted by atomic mass is 10.0. The maximum absolute atomic E-state index is 8.61. The molecule has 1 saturated heterocycles. The van der Waals surface area contributed by atoms with E-state index >= 15 is 0 Å². The van der Waals surface area contributed by atoms with Crippen molar-refractivity contribution in [2.45, 2.75) is 0 Å². The van der Waals surface area contributed by atoms with Gasteiger partial charge in [-0.1, -0.05) is 15.9 Å². The number of nitrogens with zero attached hydrogens (tertiary/aromatic N) is 2. The predicted molar refractivity (Wildman–Crippen MR) is 55.5 cm³/mol. The van der Waals surface area contributed by atoms with Crippen LogP contribution in [0.2, 0.25) is 0 Å². The number of halogens is 1. The summed E-state index contributed by atoms with van der Waals surface area (Å²) in [5.41, 5.74) is 1.20. The zero-order valence-corrected chi connectivity index (χ0v) is 8.66. The van der Waals surface area contributed by atoms with Gasteiger partial charge in [-0.05, 0) is 24.3 Å². The molecule has 0 spiro atoms. The van der Waals surface area contributed by atoms with E-state index in [0.29, 0.717) is 0 Å². The van der Waals surface area contributed by atoms with Gasteiger partial charge in [0.15, 0.2) is 0 Å². The van der Waals surface area contributed by atoms with Crippen molar-refractivity contribution < 1.29 is 0 Å². The third-order valence-electron chi connectivity index (χ3n) is 2.26. The minimum atomic E-state index is 0.226. The first-order valence-electron chi connectivity index (χ1n) is 4.20. The first-order valence-corrected chi connectivity index (χ1v) is 4.99.